The third kappa shape index (κ3) is 4.27. The van der Waals surface area contributed by atoms with E-state index in [0.717, 1.165) is 0 Å². The molecule has 1 aliphatic carbocycles. The quantitative estimate of drug-likeness (QED) is 0.797. The standard InChI is InChI=1S/C14H20FNO2/c15-11-5-7-14(8-6-11)18-10-13(17)9-16-12-3-1-2-4-12/h5-8,12-13,16-17H,1-4,9-10H2/p+1/t13-/m1/s1. The van der Waals surface area contributed by atoms with Gasteiger partial charge in [0.15, 0.2) is 0 Å². The van der Waals surface area contributed by atoms with Crippen LogP contribution >= 0.6 is 0 Å². The number of ether oxygens (including phenoxy) is 1. The maximum Gasteiger partial charge on any atom is 0.137 e. The van der Waals surface area contributed by atoms with Gasteiger partial charge in [-0.1, -0.05) is 0 Å². The third-order valence-corrected chi connectivity index (χ3v) is 3.40. The van der Waals surface area contributed by atoms with Gasteiger partial charge in [-0.05, 0) is 49.9 Å². The summed E-state index contributed by atoms with van der Waals surface area (Å²) in [4.78, 5) is 0. The van der Waals surface area contributed by atoms with Gasteiger partial charge in [0, 0.05) is 0 Å². The first-order valence-electron chi connectivity index (χ1n) is 6.64. The zero-order valence-corrected chi connectivity index (χ0v) is 10.5. The minimum atomic E-state index is -0.476. The Hall–Kier alpha value is -1.13. The lowest BCUT2D eigenvalue weighted by Gasteiger charge is -2.14. The van der Waals surface area contributed by atoms with Crippen molar-refractivity contribution in [2.24, 2.45) is 0 Å². The average Bonchev–Trinajstić information content (AvgIpc) is 2.89. The van der Waals surface area contributed by atoms with Crippen molar-refractivity contribution in [1.82, 2.24) is 0 Å². The van der Waals surface area contributed by atoms with E-state index in [1.54, 1.807) is 12.1 Å². The summed E-state index contributed by atoms with van der Waals surface area (Å²) in [7, 11) is 0. The Morgan fingerprint density at radius 2 is 1.94 bits per heavy atom. The molecule has 0 aromatic heterocycles. The summed E-state index contributed by atoms with van der Waals surface area (Å²) in [6.07, 6.45) is 4.65. The highest BCUT2D eigenvalue weighted by Crippen LogP contribution is 2.14. The maximum absolute atomic E-state index is 12.7. The highest BCUT2D eigenvalue weighted by atomic mass is 19.1. The molecule has 1 atom stereocenters. The molecule has 0 amide bonds. The minimum Gasteiger partial charge on any atom is -0.491 e. The molecule has 3 nitrogen and oxygen atoms in total. The van der Waals surface area contributed by atoms with Gasteiger partial charge >= 0.3 is 0 Å². The van der Waals surface area contributed by atoms with Crippen molar-refractivity contribution in [2.45, 2.75) is 37.8 Å². The van der Waals surface area contributed by atoms with Gasteiger partial charge in [-0.25, -0.2) is 4.39 Å². The normalized spacial score (nSPS) is 17.9. The third-order valence-electron chi connectivity index (χ3n) is 3.40. The zero-order chi connectivity index (χ0) is 12.8. The summed E-state index contributed by atoms with van der Waals surface area (Å²) >= 11 is 0. The van der Waals surface area contributed by atoms with Crippen molar-refractivity contribution in [3.8, 4) is 5.75 Å². The summed E-state index contributed by atoms with van der Waals surface area (Å²) in [5, 5.41) is 12.0. The molecular formula is C14H21FNO2+. The number of halogens is 1. The van der Waals surface area contributed by atoms with E-state index in [2.05, 4.69) is 5.32 Å². The topological polar surface area (TPSA) is 46.1 Å². The Labute approximate surface area is 107 Å². The number of quaternary nitrogens is 1. The molecule has 0 saturated heterocycles. The monoisotopic (exact) mass is 254 g/mol. The van der Waals surface area contributed by atoms with Gasteiger partial charge in [-0.3, -0.25) is 0 Å². The summed E-state index contributed by atoms with van der Waals surface area (Å²) in [6.45, 7) is 0.931. The van der Waals surface area contributed by atoms with E-state index < -0.39 is 6.10 Å². The number of hydrogen-bond acceptors (Lipinski definition) is 2. The lowest BCUT2D eigenvalue weighted by atomic mass is 10.2. The van der Waals surface area contributed by atoms with Crippen LogP contribution in [0.3, 0.4) is 0 Å². The molecule has 1 saturated carbocycles. The van der Waals surface area contributed by atoms with Crippen LogP contribution in [0.5, 0.6) is 5.75 Å². The highest BCUT2D eigenvalue weighted by Gasteiger charge is 2.19. The molecule has 0 spiro atoms. The van der Waals surface area contributed by atoms with Crippen molar-refractivity contribution in [1.29, 1.82) is 0 Å². The Bertz CT molecular complexity index is 349. The van der Waals surface area contributed by atoms with Gasteiger partial charge in [0.2, 0.25) is 0 Å². The molecule has 1 aromatic rings. The van der Waals surface area contributed by atoms with Crippen LogP contribution in [0, 0.1) is 5.82 Å². The first kappa shape index (κ1) is 13.3. The highest BCUT2D eigenvalue weighted by molar-refractivity contribution is 5.22. The summed E-state index contributed by atoms with van der Waals surface area (Å²) < 4.78 is 18.1. The minimum absolute atomic E-state index is 0.259. The van der Waals surface area contributed by atoms with Crippen molar-refractivity contribution in [3.05, 3.63) is 30.1 Å². The van der Waals surface area contributed by atoms with Gasteiger partial charge in [0.25, 0.3) is 0 Å². The van der Waals surface area contributed by atoms with Crippen LogP contribution in [0.2, 0.25) is 0 Å². The van der Waals surface area contributed by atoms with Crippen LogP contribution < -0.4 is 10.1 Å². The maximum atomic E-state index is 12.7. The molecule has 0 heterocycles. The summed E-state index contributed by atoms with van der Waals surface area (Å²) in [5.74, 6) is 0.314. The van der Waals surface area contributed by atoms with E-state index in [9.17, 15) is 9.50 Å². The Kier molecular flexibility index (Phi) is 4.96. The fourth-order valence-corrected chi connectivity index (χ4v) is 2.33. The second-order valence-electron chi connectivity index (χ2n) is 4.93. The molecule has 100 valence electrons. The molecule has 1 fully saturated rings. The first-order valence-corrected chi connectivity index (χ1v) is 6.64. The predicted octanol–water partition coefficient (Wildman–Crippen LogP) is 1.07. The molecule has 4 heteroatoms. The molecule has 0 bridgehead atoms. The lowest BCUT2D eigenvalue weighted by Crippen LogP contribution is -2.91. The lowest BCUT2D eigenvalue weighted by molar-refractivity contribution is -0.693. The molecule has 3 N–H and O–H groups in total. The first-order chi connectivity index (χ1) is 8.74. The second-order valence-corrected chi connectivity index (χ2v) is 4.93. The van der Waals surface area contributed by atoms with Crippen LogP contribution in [0.1, 0.15) is 25.7 Å². The predicted molar refractivity (Wildman–Crippen MR) is 67.0 cm³/mol. The van der Waals surface area contributed by atoms with Crippen LogP contribution in [0.15, 0.2) is 24.3 Å². The fourth-order valence-electron chi connectivity index (χ4n) is 2.33. The molecule has 0 aliphatic heterocycles. The van der Waals surface area contributed by atoms with Crippen LogP contribution in [-0.4, -0.2) is 30.4 Å². The number of hydrogen-bond donors (Lipinski definition) is 2. The van der Waals surface area contributed by atoms with Crippen LogP contribution in [-0.2, 0) is 0 Å². The van der Waals surface area contributed by atoms with Crippen molar-refractivity contribution in [3.63, 3.8) is 0 Å². The molecular weight excluding hydrogens is 233 g/mol. The van der Waals surface area contributed by atoms with E-state index in [0.29, 0.717) is 18.3 Å². The van der Waals surface area contributed by atoms with Crippen LogP contribution in [0.4, 0.5) is 4.39 Å². The van der Waals surface area contributed by atoms with Gasteiger partial charge in [0.05, 0.1) is 6.04 Å². The van der Waals surface area contributed by atoms with Gasteiger partial charge in [-0.15, -0.1) is 0 Å². The van der Waals surface area contributed by atoms with E-state index >= 15 is 0 Å². The van der Waals surface area contributed by atoms with Crippen molar-refractivity contribution in [2.75, 3.05) is 13.2 Å². The summed E-state index contributed by atoms with van der Waals surface area (Å²) in [5.41, 5.74) is 0. The molecule has 0 radical (unpaired) electrons. The average molecular weight is 254 g/mol. The SMILES string of the molecule is O[C@H](C[NH2+]C1CCCC1)COc1ccc(F)cc1. The van der Waals surface area contributed by atoms with E-state index in [4.69, 9.17) is 4.74 Å². The Morgan fingerprint density at radius 3 is 2.61 bits per heavy atom. The van der Waals surface area contributed by atoms with Crippen LogP contribution in [0.25, 0.3) is 0 Å². The van der Waals surface area contributed by atoms with E-state index in [1.165, 1.54) is 37.8 Å². The van der Waals surface area contributed by atoms with Gasteiger partial charge in [0.1, 0.15) is 30.8 Å². The smallest absolute Gasteiger partial charge is 0.137 e. The van der Waals surface area contributed by atoms with Gasteiger partial charge in [-0.2, -0.15) is 0 Å². The Balaban J connectivity index is 1.64. The number of aliphatic hydroxyl groups excluding tert-OH is 1. The number of rotatable bonds is 6. The molecule has 1 aromatic carbocycles. The molecule has 0 unspecified atom stereocenters. The number of benzene rings is 1. The number of aliphatic hydroxyl groups is 1. The fraction of sp³-hybridized carbons (Fsp3) is 0.571. The summed E-state index contributed by atoms with van der Waals surface area (Å²) in [6, 6.07) is 6.52. The second kappa shape index (κ2) is 6.71. The van der Waals surface area contributed by atoms with E-state index in [1.807, 2.05) is 0 Å². The zero-order valence-electron chi connectivity index (χ0n) is 10.5. The largest absolute Gasteiger partial charge is 0.491 e. The molecule has 18 heavy (non-hydrogen) atoms. The molecule has 2 rings (SSSR count). The van der Waals surface area contributed by atoms with Crippen molar-refractivity contribution < 1.29 is 19.6 Å². The number of nitrogens with two attached hydrogens (primary N) is 1. The Morgan fingerprint density at radius 1 is 1.28 bits per heavy atom. The van der Waals surface area contributed by atoms with Crippen molar-refractivity contribution >= 4 is 0 Å². The van der Waals surface area contributed by atoms with E-state index in [-0.39, 0.29) is 12.4 Å². The molecule has 1 aliphatic rings. The van der Waals surface area contributed by atoms with Gasteiger partial charge < -0.3 is 15.2 Å².